The Kier molecular flexibility index (Phi) is 5.93. The van der Waals surface area contributed by atoms with Crippen LogP contribution in [0.4, 0.5) is 0 Å². The van der Waals surface area contributed by atoms with Crippen LogP contribution in [0.3, 0.4) is 0 Å². The predicted molar refractivity (Wildman–Crippen MR) is 123 cm³/mol. The van der Waals surface area contributed by atoms with Crippen LogP contribution in [-0.4, -0.2) is 57.1 Å². The van der Waals surface area contributed by atoms with Gasteiger partial charge in [-0.25, -0.2) is 0 Å². The molecule has 0 fully saturated rings. The van der Waals surface area contributed by atoms with E-state index in [0.717, 1.165) is 24.1 Å². The van der Waals surface area contributed by atoms with Crippen LogP contribution in [0.5, 0.6) is 11.5 Å². The number of benzene rings is 2. The molecular weight excluding hydrogens is 408 g/mol. The predicted octanol–water partition coefficient (Wildman–Crippen LogP) is 3.62. The zero-order valence-electron chi connectivity index (χ0n) is 19.1. The SMILES string of the molecule is COc1ccc([C@H]2c3c(oc4ccc(C)cc4c3=O)C(=O)N2CCCN(C)C)cc1OC. The second-order valence-corrected chi connectivity index (χ2v) is 8.35. The fourth-order valence-electron chi connectivity index (χ4n) is 4.29. The molecule has 0 aliphatic carbocycles. The Labute approximate surface area is 187 Å². The van der Waals surface area contributed by atoms with Crippen LogP contribution >= 0.6 is 0 Å². The smallest absolute Gasteiger partial charge is 0.290 e. The van der Waals surface area contributed by atoms with Crippen molar-refractivity contribution in [3.8, 4) is 11.5 Å². The Bertz CT molecular complexity index is 1230. The van der Waals surface area contributed by atoms with E-state index in [2.05, 4.69) is 4.90 Å². The summed E-state index contributed by atoms with van der Waals surface area (Å²) < 4.78 is 16.9. The number of hydrogen-bond donors (Lipinski definition) is 0. The van der Waals surface area contributed by atoms with Crippen molar-refractivity contribution in [3.63, 3.8) is 0 Å². The molecule has 1 aliphatic rings. The normalized spacial score (nSPS) is 15.5. The number of hydrogen-bond acceptors (Lipinski definition) is 6. The molecule has 0 N–H and O–H groups in total. The Morgan fingerprint density at radius 2 is 1.78 bits per heavy atom. The van der Waals surface area contributed by atoms with E-state index in [1.807, 2.05) is 45.3 Å². The number of fused-ring (bicyclic) bond motifs is 2. The van der Waals surface area contributed by atoms with E-state index in [0.29, 0.717) is 34.6 Å². The Hall–Kier alpha value is -3.32. The molecule has 0 radical (unpaired) electrons. The van der Waals surface area contributed by atoms with Crippen LogP contribution in [0.15, 0.2) is 45.6 Å². The van der Waals surface area contributed by atoms with Crippen LogP contribution in [0.2, 0.25) is 0 Å². The first-order chi connectivity index (χ1) is 15.3. The van der Waals surface area contributed by atoms with Crippen LogP contribution in [0, 0.1) is 6.92 Å². The van der Waals surface area contributed by atoms with Gasteiger partial charge in [0, 0.05) is 6.54 Å². The molecule has 168 valence electrons. The Morgan fingerprint density at radius 3 is 2.47 bits per heavy atom. The Morgan fingerprint density at radius 1 is 1.03 bits per heavy atom. The summed E-state index contributed by atoms with van der Waals surface area (Å²) in [5.74, 6) is 0.982. The molecule has 7 nitrogen and oxygen atoms in total. The minimum absolute atomic E-state index is 0.121. The first-order valence-corrected chi connectivity index (χ1v) is 10.6. The third-order valence-electron chi connectivity index (χ3n) is 5.85. The van der Waals surface area contributed by atoms with Crippen molar-refractivity contribution in [2.45, 2.75) is 19.4 Å². The highest BCUT2D eigenvalue weighted by atomic mass is 16.5. The molecule has 7 heteroatoms. The van der Waals surface area contributed by atoms with Gasteiger partial charge in [-0.1, -0.05) is 17.7 Å². The van der Waals surface area contributed by atoms with Crippen molar-refractivity contribution in [1.82, 2.24) is 9.80 Å². The topological polar surface area (TPSA) is 72.2 Å². The van der Waals surface area contributed by atoms with Gasteiger partial charge in [0.1, 0.15) is 5.58 Å². The van der Waals surface area contributed by atoms with Gasteiger partial charge in [0.05, 0.1) is 31.2 Å². The molecule has 1 amide bonds. The number of aryl methyl sites for hydroxylation is 1. The molecule has 1 aromatic heterocycles. The molecule has 0 spiro atoms. The lowest BCUT2D eigenvalue weighted by Gasteiger charge is -2.26. The quantitative estimate of drug-likeness (QED) is 0.563. The molecule has 0 saturated heterocycles. The van der Waals surface area contributed by atoms with E-state index >= 15 is 0 Å². The second-order valence-electron chi connectivity index (χ2n) is 8.35. The Balaban J connectivity index is 1.90. The van der Waals surface area contributed by atoms with Gasteiger partial charge < -0.3 is 23.7 Å². The van der Waals surface area contributed by atoms with Gasteiger partial charge in [-0.15, -0.1) is 0 Å². The fourth-order valence-corrected chi connectivity index (χ4v) is 4.29. The molecule has 3 aromatic rings. The second kappa shape index (κ2) is 8.67. The summed E-state index contributed by atoms with van der Waals surface area (Å²) in [6, 6.07) is 10.4. The molecule has 2 aromatic carbocycles. The maximum absolute atomic E-state index is 13.6. The van der Waals surface area contributed by atoms with E-state index in [9.17, 15) is 9.59 Å². The van der Waals surface area contributed by atoms with Gasteiger partial charge in [-0.3, -0.25) is 9.59 Å². The van der Waals surface area contributed by atoms with E-state index in [4.69, 9.17) is 13.9 Å². The highest BCUT2D eigenvalue weighted by Crippen LogP contribution is 2.41. The van der Waals surface area contributed by atoms with Crippen LogP contribution in [0.1, 0.15) is 39.7 Å². The number of methoxy groups -OCH3 is 2. The lowest BCUT2D eigenvalue weighted by molar-refractivity contribution is 0.0722. The maximum Gasteiger partial charge on any atom is 0.290 e. The molecule has 2 heterocycles. The van der Waals surface area contributed by atoms with E-state index in [-0.39, 0.29) is 17.1 Å². The van der Waals surface area contributed by atoms with Gasteiger partial charge in [0.15, 0.2) is 16.9 Å². The van der Waals surface area contributed by atoms with Crippen molar-refractivity contribution in [1.29, 1.82) is 0 Å². The van der Waals surface area contributed by atoms with E-state index in [1.54, 1.807) is 31.3 Å². The number of ether oxygens (including phenoxy) is 2. The highest BCUT2D eigenvalue weighted by Gasteiger charge is 2.42. The van der Waals surface area contributed by atoms with Crippen molar-refractivity contribution < 1.29 is 18.7 Å². The first kappa shape index (κ1) is 21.9. The van der Waals surface area contributed by atoms with Gasteiger partial charge in [-0.05, 0) is 63.8 Å². The van der Waals surface area contributed by atoms with Gasteiger partial charge in [0.2, 0.25) is 5.76 Å². The summed E-state index contributed by atoms with van der Waals surface area (Å²) >= 11 is 0. The third kappa shape index (κ3) is 3.73. The van der Waals surface area contributed by atoms with Crippen molar-refractivity contribution in [3.05, 3.63) is 69.1 Å². The molecule has 1 aliphatic heterocycles. The van der Waals surface area contributed by atoms with E-state index in [1.165, 1.54) is 0 Å². The van der Waals surface area contributed by atoms with Crippen LogP contribution < -0.4 is 14.9 Å². The highest BCUT2D eigenvalue weighted by molar-refractivity contribution is 5.99. The summed E-state index contributed by atoms with van der Waals surface area (Å²) in [4.78, 5) is 30.8. The zero-order valence-corrected chi connectivity index (χ0v) is 19.1. The number of amides is 1. The molecule has 0 saturated carbocycles. The number of carbonyl (C=O) groups is 1. The zero-order chi connectivity index (χ0) is 23.0. The summed E-state index contributed by atoms with van der Waals surface area (Å²) in [5.41, 5.74) is 2.37. The number of nitrogens with zero attached hydrogens (tertiary/aromatic N) is 2. The lowest BCUT2D eigenvalue weighted by Crippen LogP contribution is -2.32. The summed E-state index contributed by atoms with van der Waals surface area (Å²) in [5, 5.41) is 0.483. The molecule has 1 atom stereocenters. The minimum atomic E-state index is -0.555. The average molecular weight is 437 g/mol. The van der Waals surface area contributed by atoms with Gasteiger partial charge in [0.25, 0.3) is 5.91 Å². The summed E-state index contributed by atoms with van der Waals surface area (Å²) in [6.07, 6.45) is 0.767. The fraction of sp³-hybridized carbons (Fsp3) is 0.360. The third-order valence-corrected chi connectivity index (χ3v) is 5.85. The van der Waals surface area contributed by atoms with E-state index < -0.39 is 6.04 Å². The minimum Gasteiger partial charge on any atom is -0.493 e. The molecule has 0 unspecified atom stereocenters. The molecule has 4 rings (SSSR count). The van der Waals surface area contributed by atoms with Crippen molar-refractivity contribution in [2.24, 2.45) is 0 Å². The van der Waals surface area contributed by atoms with Crippen LogP contribution in [-0.2, 0) is 0 Å². The average Bonchev–Trinajstić information content (AvgIpc) is 3.05. The van der Waals surface area contributed by atoms with Crippen molar-refractivity contribution in [2.75, 3.05) is 41.4 Å². The van der Waals surface area contributed by atoms with Crippen LogP contribution in [0.25, 0.3) is 11.0 Å². The number of rotatable bonds is 7. The summed E-state index contributed by atoms with van der Waals surface area (Å²) in [7, 11) is 7.12. The molecular formula is C25H28N2O5. The molecule has 0 bridgehead atoms. The largest absolute Gasteiger partial charge is 0.493 e. The summed E-state index contributed by atoms with van der Waals surface area (Å²) in [6.45, 7) is 3.24. The lowest BCUT2D eigenvalue weighted by atomic mass is 9.97. The van der Waals surface area contributed by atoms with Gasteiger partial charge in [-0.2, -0.15) is 0 Å². The molecule has 32 heavy (non-hydrogen) atoms. The first-order valence-electron chi connectivity index (χ1n) is 10.6. The standard InChI is InChI=1S/C25H28N2O5/c1-15-7-9-18-17(13-15)23(28)21-22(16-8-10-19(30-4)20(14-16)31-5)27(12-6-11-26(2)3)25(29)24(21)32-18/h7-10,13-14,22H,6,11-12H2,1-5H3/t22-/m0/s1. The van der Waals surface area contributed by atoms with Crippen molar-refractivity contribution >= 4 is 16.9 Å². The monoisotopic (exact) mass is 436 g/mol. The van der Waals surface area contributed by atoms with Gasteiger partial charge >= 0.3 is 0 Å². The number of carbonyl (C=O) groups excluding carboxylic acids is 1. The maximum atomic E-state index is 13.6.